The van der Waals surface area contributed by atoms with Gasteiger partial charge in [0.25, 0.3) is 0 Å². The average Bonchev–Trinajstić information content (AvgIpc) is 3.11. The second kappa shape index (κ2) is 6.03. The minimum Gasteiger partial charge on any atom is -0.507 e. The fraction of sp³-hybridized carbons (Fsp3) is 0.0400. The summed E-state index contributed by atoms with van der Waals surface area (Å²) in [5, 5.41) is 14.2. The molecule has 4 aromatic carbocycles. The van der Waals surface area contributed by atoms with Crippen molar-refractivity contribution in [3.05, 3.63) is 96.7 Å². The molecular weight excluding hydrogens is 330 g/mol. The van der Waals surface area contributed by atoms with Crippen LogP contribution in [0.25, 0.3) is 38.5 Å². The standard InChI is InChI=1S/C25H19NO/c1-17-15-22(25(27)21-13-6-5-11-19(17)21)23-16-26(18-9-3-2-4-10-18)24-14-8-7-12-20(23)24/h2-16,27H,1H3. The molecule has 0 bridgehead atoms. The Morgan fingerprint density at radius 1 is 0.667 bits per heavy atom. The Morgan fingerprint density at radius 2 is 1.30 bits per heavy atom. The van der Waals surface area contributed by atoms with E-state index < -0.39 is 0 Å². The van der Waals surface area contributed by atoms with Crippen LogP contribution >= 0.6 is 0 Å². The first-order chi connectivity index (χ1) is 13.2. The van der Waals surface area contributed by atoms with Gasteiger partial charge in [-0.3, -0.25) is 0 Å². The SMILES string of the molecule is Cc1cc(-c2cn(-c3ccccc3)c3ccccc23)c(O)c2ccccc12. The number of aromatic nitrogens is 1. The number of fused-ring (bicyclic) bond motifs is 2. The van der Waals surface area contributed by atoms with Crippen LogP contribution in [0.15, 0.2) is 91.1 Å². The quantitative estimate of drug-likeness (QED) is 0.388. The highest BCUT2D eigenvalue weighted by Crippen LogP contribution is 2.41. The van der Waals surface area contributed by atoms with Crippen LogP contribution in [0.4, 0.5) is 0 Å². The Morgan fingerprint density at radius 3 is 2.07 bits per heavy atom. The molecule has 2 heteroatoms. The number of phenolic OH excluding ortho intramolecular Hbond substituents is 1. The van der Waals surface area contributed by atoms with Gasteiger partial charge in [0.1, 0.15) is 5.75 Å². The normalized spacial score (nSPS) is 11.3. The maximum absolute atomic E-state index is 11.1. The lowest BCUT2D eigenvalue weighted by Gasteiger charge is -2.10. The molecule has 5 rings (SSSR count). The van der Waals surface area contributed by atoms with E-state index in [-0.39, 0.29) is 0 Å². The largest absolute Gasteiger partial charge is 0.507 e. The molecule has 5 aromatic rings. The van der Waals surface area contributed by atoms with Crippen LogP contribution in [0.3, 0.4) is 0 Å². The molecule has 0 saturated carbocycles. The Hall–Kier alpha value is -3.52. The molecule has 0 radical (unpaired) electrons. The van der Waals surface area contributed by atoms with E-state index in [2.05, 4.69) is 60.2 Å². The molecule has 1 heterocycles. The third-order valence-corrected chi connectivity index (χ3v) is 5.26. The van der Waals surface area contributed by atoms with Gasteiger partial charge in [0.05, 0.1) is 5.52 Å². The third-order valence-electron chi connectivity index (χ3n) is 5.26. The first kappa shape index (κ1) is 15.7. The predicted octanol–water partition coefficient (Wildman–Crippen LogP) is 6.46. The Bertz CT molecular complexity index is 1280. The van der Waals surface area contributed by atoms with E-state index in [0.29, 0.717) is 5.75 Å². The van der Waals surface area contributed by atoms with Crippen LogP contribution in [0.2, 0.25) is 0 Å². The Kier molecular flexibility index (Phi) is 3.51. The first-order valence-corrected chi connectivity index (χ1v) is 9.11. The fourth-order valence-corrected chi connectivity index (χ4v) is 3.94. The van der Waals surface area contributed by atoms with Crippen LogP contribution in [-0.4, -0.2) is 9.67 Å². The van der Waals surface area contributed by atoms with Crippen molar-refractivity contribution in [2.24, 2.45) is 0 Å². The molecule has 1 aromatic heterocycles. The highest BCUT2D eigenvalue weighted by Gasteiger charge is 2.16. The van der Waals surface area contributed by atoms with Gasteiger partial charge in [-0.2, -0.15) is 0 Å². The van der Waals surface area contributed by atoms with E-state index in [4.69, 9.17) is 0 Å². The van der Waals surface area contributed by atoms with E-state index in [9.17, 15) is 5.11 Å². The van der Waals surface area contributed by atoms with Crippen LogP contribution in [0, 0.1) is 6.92 Å². The first-order valence-electron chi connectivity index (χ1n) is 9.11. The van der Waals surface area contributed by atoms with Gasteiger partial charge in [-0.25, -0.2) is 0 Å². The minimum atomic E-state index is 0.340. The van der Waals surface area contributed by atoms with Crippen molar-refractivity contribution in [3.8, 4) is 22.6 Å². The molecule has 2 nitrogen and oxygen atoms in total. The lowest BCUT2D eigenvalue weighted by atomic mass is 9.96. The van der Waals surface area contributed by atoms with Gasteiger partial charge < -0.3 is 9.67 Å². The van der Waals surface area contributed by atoms with Crippen molar-refractivity contribution in [1.82, 2.24) is 4.57 Å². The second-order valence-electron chi connectivity index (χ2n) is 6.90. The minimum absolute atomic E-state index is 0.340. The number of hydrogen-bond acceptors (Lipinski definition) is 1. The molecule has 0 unspecified atom stereocenters. The van der Waals surface area contributed by atoms with Gasteiger partial charge in [0.2, 0.25) is 0 Å². The molecule has 1 N–H and O–H groups in total. The molecule has 0 saturated heterocycles. The fourth-order valence-electron chi connectivity index (χ4n) is 3.94. The maximum atomic E-state index is 11.1. The van der Waals surface area contributed by atoms with E-state index in [1.54, 1.807) is 0 Å². The summed E-state index contributed by atoms with van der Waals surface area (Å²) in [5.74, 6) is 0.340. The Labute approximate surface area is 157 Å². The summed E-state index contributed by atoms with van der Waals surface area (Å²) in [5.41, 5.74) is 5.31. The van der Waals surface area contributed by atoms with Crippen molar-refractivity contribution in [2.75, 3.05) is 0 Å². The monoisotopic (exact) mass is 349 g/mol. The zero-order valence-corrected chi connectivity index (χ0v) is 15.1. The molecule has 0 fully saturated rings. The van der Waals surface area contributed by atoms with E-state index in [1.165, 1.54) is 0 Å². The highest BCUT2D eigenvalue weighted by atomic mass is 16.3. The summed E-state index contributed by atoms with van der Waals surface area (Å²) in [4.78, 5) is 0. The van der Waals surface area contributed by atoms with Gasteiger partial charge in [0, 0.05) is 33.8 Å². The number of nitrogens with zero attached hydrogens (tertiary/aromatic N) is 1. The molecule has 0 amide bonds. The molecule has 0 atom stereocenters. The smallest absolute Gasteiger partial charge is 0.131 e. The predicted molar refractivity (Wildman–Crippen MR) is 113 cm³/mol. The topological polar surface area (TPSA) is 25.2 Å². The molecule has 27 heavy (non-hydrogen) atoms. The van der Waals surface area contributed by atoms with E-state index >= 15 is 0 Å². The van der Waals surface area contributed by atoms with Crippen molar-refractivity contribution in [2.45, 2.75) is 6.92 Å². The van der Waals surface area contributed by atoms with Gasteiger partial charge in [-0.05, 0) is 42.1 Å². The van der Waals surface area contributed by atoms with Crippen molar-refractivity contribution < 1.29 is 5.11 Å². The summed E-state index contributed by atoms with van der Waals surface area (Å²) < 4.78 is 2.19. The van der Waals surface area contributed by atoms with Crippen LogP contribution in [0.5, 0.6) is 5.75 Å². The third kappa shape index (κ3) is 2.42. The van der Waals surface area contributed by atoms with Crippen molar-refractivity contribution in [1.29, 1.82) is 0 Å². The number of phenols is 1. The zero-order valence-electron chi connectivity index (χ0n) is 15.1. The molecule has 130 valence electrons. The average molecular weight is 349 g/mol. The molecule has 0 aliphatic heterocycles. The Balaban J connectivity index is 1.85. The van der Waals surface area contributed by atoms with E-state index in [0.717, 1.165) is 44.1 Å². The molecule has 0 spiro atoms. The summed E-state index contributed by atoms with van der Waals surface area (Å²) in [6.07, 6.45) is 2.13. The number of aryl methyl sites for hydroxylation is 1. The van der Waals surface area contributed by atoms with Gasteiger partial charge in [-0.1, -0.05) is 60.7 Å². The number of aromatic hydroxyl groups is 1. The number of rotatable bonds is 2. The number of para-hydroxylation sites is 2. The molecular formula is C25H19NO. The number of benzene rings is 4. The zero-order chi connectivity index (χ0) is 18.4. The summed E-state index contributed by atoms with van der Waals surface area (Å²) in [6, 6.07) is 28.8. The summed E-state index contributed by atoms with van der Waals surface area (Å²) >= 11 is 0. The van der Waals surface area contributed by atoms with Crippen LogP contribution in [-0.2, 0) is 0 Å². The van der Waals surface area contributed by atoms with Crippen molar-refractivity contribution in [3.63, 3.8) is 0 Å². The molecule has 0 aliphatic rings. The van der Waals surface area contributed by atoms with Crippen LogP contribution < -0.4 is 0 Å². The van der Waals surface area contributed by atoms with Gasteiger partial charge in [-0.15, -0.1) is 0 Å². The maximum Gasteiger partial charge on any atom is 0.131 e. The lowest BCUT2D eigenvalue weighted by molar-refractivity contribution is 0.483. The summed E-state index contributed by atoms with van der Waals surface area (Å²) in [7, 11) is 0. The number of hydrogen-bond donors (Lipinski definition) is 1. The van der Waals surface area contributed by atoms with Crippen LogP contribution in [0.1, 0.15) is 5.56 Å². The summed E-state index contributed by atoms with van der Waals surface area (Å²) in [6.45, 7) is 2.10. The van der Waals surface area contributed by atoms with E-state index in [1.807, 2.05) is 42.5 Å². The highest BCUT2D eigenvalue weighted by molar-refractivity contribution is 6.04. The van der Waals surface area contributed by atoms with Gasteiger partial charge >= 0.3 is 0 Å². The molecule has 0 aliphatic carbocycles. The van der Waals surface area contributed by atoms with Gasteiger partial charge in [0.15, 0.2) is 0 Å². The second-order valence-corrected chi connectivity index (χ2v) is 6.90. The lowest BCUT2D eigenvalue weighted by Crippen LogP contribution is -1.90. The van der Waals surface area contributed by atoms with Crippen molar-refractivity contribution >= 4 is 21.7 Å².